The van der Waals surface area contributed by atoms with Crippen LogP contribution in [0.15, 0.2) is 24.3 Å². The molecule has 1 aliphatic rings. The van der Waals surface area contributed by atoms with E-state index in [-0.39, 0.29) is 0 Å². The molecule has 50 valence electrons. The van der Waals surface area contributed by atoms with Crippen molar-refractivity contribution in [1.82, 2.24) is 0 Å². The maximum Gasteiger partial charge on any atom is 0.0248 e. The number of benzene rings is 1. The molecule has 0 saturated heterocycles. The van der Waals surface area contributed by atoms with E-state index in [0.29, 0.717) is 5.92 Å². The smallest absolute Gasteiger partial charge is 0.0248 e. The van der Waals surface area contributed by atoms with E-state index in [4.69, 9.17) is 0 Å². The summed E-state index contributed by atoms with van der Waals surface area (Å²) in [4.78, 5) is 0. The minimum Gasteiger partial charge on any atom is -0.0648 e. The quantitative estimate of drug-likeness (QED) is 0.548. The van der Waals surface area contributed by atoms with Crippen LogP contribution < -0.4 is 0 Å². The molecule has 1 aromatic rings. The van der Waals surface area contributed by atoms with Gasteiger partial charge in [-0.1, -0.05) is 31.2 Å². The summed E-state index contributed by atoms with van der Waals surface area (Å²) in [5, 5.41) is 0. The molecule has 0 spiro atoms. The fourth-order valence-corrected chi connectivity index (χ4v) is 1.44. The summed E-state index contributed by atoms with van der Waals surface area (Å²) in [6.07, 6.45) is 4.56. The number of hydrogen-bond donors (Lipinski definition) is 0. The Bertz CT molecular complexity index is 238. The maximum absolute atomic E-state index is 3.37. The first-order valence-corrected chi connectivity index (χ1v) is 3.77. The first kappa shape index (κ1) is 5.96. The van der Waals surface area contributed by atoms with Crippen LogP contribution in [0.2, 0.25) is 0 Å². The highest BCUT2D eigenvalue weighted by Crippen LogP contribution is 2.38. The molecule has 1 aliphatic carbocycles. The van der Waals surface area contributed by atoms with Crippen LogP contribution in [-0.4, -0.2) is 0 Å². The van der Waals surface area contributed by atoms with Crippen LogP contribution in [0.1, 0.15) is 30.4 Å². The Labute approximate surface area is 61.9 Å². The van der Waals surface area contributed by atoms with Crippen molar-refractivity contribution >= 4 is 0 Å². The van der Waals surface area contributed by atoms with Gasteiger partial charge in [-0.15, -0.1) is 0 Å². The molecule has 1 atom stereocenters. The second-order valence-corrected chi connectivity index (χ2v) is 2.69. The van der Waals surface area contributed by atoms with Crippen LogP contribution in [0.25, 0.3) is 0 Å². The molecule has 0 N–H and O–H groups in total. The Kier molecular flexibility index (Phi) is 1.26. The Balaban J connectivity index is 2.34. The maximum atomic E-state index is 3.37. The first-order chi connectivity index (χ1) is 4.92. The van der Waals surface area contributed by atoms with Gasteiger partial charge in [-0.3, -0.25) is 0 Å². The van der Waals surface area contributed by atoms with E-state index in [2.05, 4.69) is 37.6 Å². The lowest BCUT2D eigenvalue weighted by Gasteiger charge is -2.27. The normalized spacial score (nSPS) is 21.5. The molecule has 0 nitrogen and oxygen atoms in total. The SMILES string of the molecule is CCC1[C]c2ccccc21. The molecule has 0 aromatic heterocycles. The van der Waals surface area contributed by atoms with E-state index < -0.39 is 0 Å². The van der Waals surface area contributed by atoms with Gasteiger partial charge < -0.3 is 0 Å². The van der Waals surface area contributed by atoms with Crippen molar-refractivity contribution in [2.24, 2.45) is 0 Å². The van der Waals surface area contributed by atoms with Crippen molar-refractivity contribution in [1.29, 1.82) is 0 Å². The molecule has 2 rings (SSSR count). The third-order valence-corrected chi connectivity index (χ3v) is 2.07. The number of fused-ring (bicyclic) bond motifs is 1. The summed E-state index contributed by atoms with van der Waals surface area (Å²) in [6, 6.07) is 8.49. The van der Waals surface area contributed by atoms with Gasteiger partial charge in [0, 0.05) is 6.42 Å². The largest absolute Gasteiger partial charge is 0.0648 e. The average molecular weight is 130 g/mol. The summed E-state index contributed by atoms with van der Waals surface area (Å²) in [5.74, 6) is 0.621. The van der Waals surface area contributed by atoms with Crippen LogP contribution in [0.3, 0.4) is 0 Å². The van der Waals surface area contributed by atoms with Crippen LogP contribution in [0.5, 0.6) is 0 Å². The zero-order chi connectivity index (χ0) is 6.97. The first-order valence-electron chi connectivity index (χ1n) is 3.77. The molecule has 0 heterocycles. The van der Waals surface area contributed by atoms with Crippen LogP contribution in [0, 0.1) is 6.42 Å². The van der Waals surface area contributed by atoms with Crippen molar-refractivity contribution in [3.63, 3.8) is 0 Å². The summed E-state index contributed by atoms with van der Waals surface area (Å²) < 4.78 is 0. The Hall–Kier alpha value is -0.780. The summed E-state index contributed by atoms with van der Waals surface area (Å²) in [6.45, 7) is 2.20. The molecule has 10 heavy (non-hydrogen) atoms. The van der Waals surface area contributed by atoms with E-state index in [1.54, 1.807) is 0 Å². The molecule has 2 radical (unpaired) electrons. The van der Waals surface area contributed by atoms with E-state index in [1.165, 1.54) is 17.5 Å². The van der Waals surface area contributed by atoms with E-state index in [9.17, 15) is 0 Å². The fraction of sp³-hybridized carbons (Fsp3) is 0.300. The van der Waals surface area contributed by atoms with Crippen molar-refractivity contribution in [3.8, 4) is 0 Å². The summed E-state index contributed by atoms with van der Waals surface area (Å²) in [7, 11) is 0. The molecular weight excluding hydrogens is 120 g/mol. The van der Waals surface area contributed by atoms with Crippen LogP contribution in [0.4, 0.5) is 0 Å². The molecule has 0 saturated carbocycles. The van der Waals surface area contributed by atoms with Crippen LogP contribution >= 0.6 is 0 Å². The second kappa shape index (κ2) is 2.12. The predicted octanol–water partition coefficient (Wildman–Crippen LogP) is 2.62. The van der Waals surface area contributed by atoms with Crippen molar-refractivity contribution in [2.75, 3.05) is 0 Å². The zero-order valence-corrected chi connectivity index (χ0v) is 6.09. The number of hydrogen-bond acceptors (Lipinski definition) is 0. The lowest BCUT2D eigenvalue weighted by Crippen LogP contribution is -2.12. The van der Waals surface area contributed by atoms with Gasteiger partial charge in [0.2, 0.25) is 0 Å². The second-order valence-electron chi connectivity index (χ2n) is 2.69. The average Bonchev–Trinajstić information content (AvgIpc) is 1.92. The van der Waals surface area contributed by atoms with Gasteiger partial charge in [-0.2, -0.15) is 0 Å². The van der Waals surface area contributed by atoms with Crippen molar-refractivity contribution < 1.29 is 0 Å². The fourth-order valence-electron chi connectivity index (χ4n) is 1.44. The van der Waals surface area contributed by atoms with E-state index >= 15 is 0 Å². The van der Waals surface area contributed by atoms with Gasteiger partial charge in [0.15, 0.2) is 0 Å². The molecule has 1 unspecified atom stereocenters. The van der Waals surface area contributed by atoms with E-state index in [1.807, 2.05) is 0 Å². The van der Waals surface area contributed by atoms with E-state index in [0.717, 1.165) is 0 Å². The van der Waals surface area contributed by atoms with Gasteiger partial charge >= 0.3 is 0 Å². The van der Waals surface area contributed by atoms with Gasteiger partial charge in [0.25, 0.3) is 0 Å². The van der Waals surface area contributed by atoms with Crippen molar-refractivity contribution in [3.05, 3.63) is 41.8 Å². The Morgan fingerprint density at radius 3 is 2.90 bits per heavy atom. The highest BCUT2D eigenvalue weighted by atomic mass is 14.3. The molecule has 0 aliphatic heterocycles. The third-order valence-electron chi connectivity index (χ3n) is 2.07. The molecular formula is C10H10. The van der Waals surface area contributed by atoms with Crippen LogP contribution in [-0.2, 0) is 0 Å². The minimum atomic E-state index is 0.621. The highest BCUT2D eigenvalue weighted by molar-refractivity contribution is 5.48. The van der Waals surface area contributed by atoms with Crippen molar-refractivity contribution in [2.45, 2.75) is 19.3 Å². The molecule has 0 heteroatoms. The zero-order valence-electron chi connectivity index (χ0n) is 6.09. The Morgan fingerprint density at radius 1 is 1.40 bits per heavy atom. The molecule has 1 aromatic carbocycles. The standard InChI is InChI=1S/C10H10/c1-2-8-7-9-5-3-4-6-10(8)9/h3-6,8H,2H2,1H3. The summed E-state index contributed by atoms with van der Waals surface area (Å²) in [5.41, 5.74) is 2.79. The minimum absolute atomic E-state index is 0.621. The number of rotatable bonds is 1. The van der Waals surface area contributed by atoms with Gasteiger partial charge in [0.05, 0.1) is 0 Å². The van der Waals surface area contributed by atoms with Gasteiger partial charge in [-0.25, -0.2) is 0 Å². The Morgan fingerprint density at radius 2 is 2.20 bits per heavy atom. The molecule has 0 amide bonds. The topological polar surface area (TPSA) is 0 Å². The lowest BCUT2D eigenvalue weighted by atomic mass is 9.76. The predicted molar refractivity (Wildman–Crippen MR) is 41.8 cm³/mol. The van der Waals surface area contributed by atoms with Gasteiger partial charge in [-0.05, 0) is 23.5 Å². The molecule has 0 fully saturated rings. The third kappa shape index (κ3) is 0.683. The highest BCUT2D eigenvalue weighted by Gasteiger charge is 2.23. The molecule has 0 bridgehead atoms. The lowest BCUT2D eigenvalue weighted by molar-refractivity contribution is 0.706. The van der Waals surface area contributed by atoms with Gasteiger partial charge in [0.1, 0.15) is 0 Å². The summed E-state index contributed by atoms with van der Waals surface area (Å²) >= 11 is 0. The monoisotopic (exact) mass is 130 g/mol.